The molecule has 0 saturated carbocycles. The number of morpholine rings is 1. The van der Waals surface area contributed by atoms with Crippen LogP contribution in [0, 0.1) is 5.82 Å². The number of aromatic nitrogens is 2. The molecule has 12 heteroatoms. The zero-order valence-corrected chi connectivity index (χ0v) is 25.3. The lowest BCUT2D eigenvalue weighted by Crippen LogP contribution is -2.37. The number of oxazole rings is 1. The Bertz CT molecular complexity index is 1770. The van der Waals surface area contributed by atoms with Gasteiger partial charge in [0.25, 0.3) is 0 Å². The maximum Gasteiger partial charge on any atom is 0.416 e. The Morgan fingerprint density at radius 3 is 2.26 bits per heavy atom. The first kappa shape index (κ1) is 32.6. The van der Waals surface area contributed by atoms with Gasteiger partial charge in [0, 0.05) is 42.8 Å². The Balaban J connectivity index is 0.00000204. The van der Waals surface area contributed by atoms with E-state index in [0.29, 0.717) is 11.2 Å². The highest BCUT2D eigenvalue weighted by Gasteiger charge is 2.30. The molecule has 1 aliphatic heterocycles. The van der Waals surface area contributed by atoms with Crippen molar-refractivity contribution in [2.24, 2.45) is 0 Å². The van der Waals surface area contributed by atoms with Crippen molar-refractivity contribution < 1.29 is 31.5 Å². The highest BCUT2D eigenvalue weighted by Crippen LogP contribution is 2.31. The fraction of sp³-hybridized carbons (Fsp3) is 0.265. The van der Waals surface area contributed by atoms with Gasteiger partial charge in [0.2, 0.25) is 5.89 Å². The van der Waals surface area contributed by atoms with Crippen LogP contribution in [0.3, 0.4) is 0 Å². The summed E-state index contributed by atoms with van der Waals surface area (Å²) < 4.78 is 64.4. The minimum absolute atomic E-state index is 0.00139. The second-order valence-electron chi connectivity index (χ2n) is 10.3. The van der Waals surface area contributed by atoms with Crippen LogP contribution in [0.1, 0.15) is 25.0 Å². The zero-order chi connectivity index (χ0) is 32.7. The number of nitrogens with one attached hydrogen (secondary N) is 2. The van der Waals surface area contributed by atoms with Crippen molar-refractivity contribution in [3.8, 4) is 22.6 Å². The molecule has 0 bridgehead atoms. The standard InChI is InChI=1S/C32H27F4N5O3.C2H6/c33-27-10-9-25(39-31(42)38-24-7-5-23(6-8-24)32(34,35)36)18-26(27)30-40-29-28(44-30)17-22(19-37-29)21-3-1-20(2-4-21)11-12-41-13-15-43-16-14-41;1-2/h1-10,17-19H,11-16H2,(H2,38,39,42);1-2H3. The molecule has 3 heterocycles. The molecule has 2 amide bonds. The smallest absolute Gasteiger partial charge is 0.416 e. The summed E-state index contributed by atoms with van der Waals surface area (Å²) in [4.78, 5) is 23.6. The second kappa shape index (κ2) is 14.5. The molecule has 2 N–H and O–H groups in total. The van der Waals surface area contributed by atoms with E-state index in [4.69, 9.17) is 9.15 Å². The van der Waals surface area contributed by atoms with Gasteiger partial charge >= 0.3 is 12.2 Å². The number of alkyl halides is 3. The van der Waals surface area contributed by atoms with Gasteiger partial charge in [-0.05, 0) is 66.1 Å². The van der Waals surface area contributed by atoms with Crippen LogP contribution < -0.4 is 10.6 Å². The largest absolute Gasteiger partial charge is 0.434 e. The van der Waals surface area contributed by atoms with Gasteiger partial charge in [0.1, 0.15) is 5.82 Å². The van der Waals surface area contributed by atoms with Gasteiger partial charge in [0.15, 0.2) is 11.2 Å². The molecule has 2 aromatic heterocycles. The highest BCUT2D eigenvalue weighted by atomic mass is 19.4. The lowest BCUT2D eigenvalue weighted by molar-refractivity contribution is -0.137. The number of anilines is 2. The molecule has 0 aliphatic carbocycles. The molecular weight excluding hydrogens is 602 g/mol. The van der Waals surface area contributed by atoms with E-state index in [9.17, 15) is 22.4 Å². The van der Waals surface area contributed by atoms with E-state index in [1.807, 2.05) is 26.0 Å². The van der Waals surface area contributed by atoms with E-state index in [0.717, 1.165) is 80.7 Å². The molecule has 1 fully saturated rings. The maximum atomic E-state index is 14.8. The Morgan fingerprint density at radius 1 is 0.891 bits per heavy atom. The fourth-order valence-electron chi connectivity index (χ4n) is 4.87. The normalized spacial score (nSPS) is 13.6. The monoisotopic (exact) mass is 635 g/mol. The van der Waals surface area contributed by atoms with E-state index in [2.05, 4.69) is 37.6 Å². The van der Waals surface area contributed by atoms with Gasteiger partial charge in [0.05, 0.1) is 24.3 Å². The Hall–Kier alpha value is -4.81. The number of halogens is 4. The van der Waals surface area contributed by atoms with Crippen molar-refractivity contribution in [3.63, 3.8) is 0 Å². The third-order valence-corrected chi connectivity index (χ3v) is 7.28. The van der Waals surface area contributed by atoms with Crippen molar-refractivity contribution in [1.82, 2.24) is 14.9 Å². The minimum Gasteiger partial charge on any atom is -0.434 e. The van der Waals surface area contributed by atoms with Crippen molar-refractivity contribution >= 4 is 28.6 Å². The summed E-state index contributed by atoms with van der Waals surface area (Å²) in [5.41, 5.74) is 3.20. The zero-order valence-electron chi connectivity index (χ0n) is 25.3. The average molecular weight is 636 g/mol. The number of hydrogen-bond acceptors (Lipinski definition) is 6. The molecular formula is C34H33F4N5O3. The van der Waals surface area contributed by atoms with E-state index >= 15 is 0 Å². The number of nitrogens with zero attached hydrogens (tertiary/aromatic N) is 3. The summed E-state index contributed by atoms with van der Waals surface area (Å²) in [6.07, 6.45) is -1.86. The van der Waals surface area contributed by atoms with Crippen molar-refractivity contribution in [1.29, 1.82) is 0 Å². The number of carbonyl (C=O) groups is 1. The number of carbonyl (C=O) groups excluding carboxylic acids is 1. The number of hydrogen-bond donors (Lipinski definition) is 2. The molecule has 1 aliphatic rings. The third-order valence-electron chi connectivity index (χ3n) is 7.28. The Kier molecular flexibility index (Phi) is 10.3. The topological polar surface area (TPSA) is 92.5 Å². The molecule has 0 unspecified atom stereocenters. The Morgan fingerprint density at radius 2 is 1.57 bits per heavy atom. The van der Waals surface area contributed by atoms with E-state index in [1.54, 1.807) is 12.3 Å². The first-order valence-electron chi connectivity index (χ1n) is 14.9. The quantitative estimate of drug-likeness (QED) is 0.175. The number of ether oxygens (including phenoxy) is 1. The number of rotatable bonds is 7. The molecule has 1 saturated heterocycles. The number of benzene rings is 3. The number of fused-ring (bicyclic) bond motifs is 1. The van der Waals surface area contributed by atoms with Crippen LogP contribution in [0.15, 0.2) is 83.4 Å². The summed E-state index contributed by atoms with van der Waals surface area (Å²) in [5, 5.41) is 4.98. The predicted octanol–water partition coefficient (Wildman–Crippen LogP) is 8.26. The van der Waals surface area contributed by atoms with Crippen molar-refractivity contribution in [3.05, 3.63) is 95.9 Å². The average Bonchev–Trinajstić information content (AvgIpc) is 3.49. The van der Waals surface area contributed by atoms with Gasteiger partial charge < -0.3 is 19.8 Å². The van der Waals surface area contributed by atoms with E-state index in [-0.39, 0.29) is 22.8 Å². The molecule has 8 nitrogen and oxygen atoms in total. The highest BCUT2D eigenvalue weighted by molar-refractivity contribution is 6.00. The predicted molar refractivity (Wildman–Crippen MR) is 169 cm³/mol. The van der Waals surface area contributed by atoms with Gasteiger partial charge in [-0.15, -0.1) is 0 Å². The van der Waals surface area contributed by atoms with Crippen LogP contribution in [-0.4, -0.2) is 53.7 Å². The van der Waals surface area contributed by atoms with Crippen LogP contribution in [-0.2, 0) is 17.3 Å². The summed E-state index contributed by atoms with van der Waals surface area (Å²) in [7, 11) is 0. The SMILES string of the molecule is CC.O=C(Nc1ccc(C(F)(F)F)cc1)Nc1ccc(F)c(-c2nc3ncc(-c4ccc(CCN5CCOCC5)cc4)cc3o2)c1. The van der Waals surface area contributed by atoms with Crippen LogP contribution >= 0.6 is 0 Å². The van der Waals surface area contributed by atoms with Gasteiger partial charge in [-0.25, -0.2) is 14.2 Å². The molecule has 0 radical (unpaired) electrons. The molecule has 46 heavy (non-hydrogen) atoms. The van der Waals surface area contributed by atoms with Gasteiger partial charge in [-0.1, -0.05) is 38.1 Å². The molecule has 0 atom stereocenters. The number of urea groups is 1. The first-order valence-corrected chi connectivity index (χ1v) is 14.9. The number of amides is 2. The molecule has 6 rings (SSSR count). The van der Waals surface area contributed by atoms with Crippen molar-refractivity contribution in [2.45, 2.75) is 26.4 Å². The molecule has 5 aromatic rings. The molecule has 240 valence electrons. The third kappa shape index (κ3) is 8.06. The summed E-state index contributed by atoms with van der Waals surface area (Å²) >= 11 is 0. The van der Waals surface area contributed by atoms with Gasteiger partial charge in [-0.3, -0.25) is 4.90 Å². The summed E-state index contributed by atoms with van der Waals surface area (Å²) in [5.74, 6) is -0.648. The van der Waals surface area contributed by atoms with Crippen LogP contribution in [0.2, 0.25) is 0 Å². The van der Waals surface area contributed by atoms with E-state index < -0.39 is 23.6 Å². The lowest BCUT2D eigenvalue weighted by Gasteiger charge is -2.26. The van der Waals surface area contributed by atoms with Crippen LogP contribution in [0.4, 0.5) is 33.7 Å². The van der Waals surface area contributed by atoms with Gasteiger partial charge in [-0.2, -0.15) is 18.2 Å². The molecule has 3 aromatic carbocycles. The lowest BCUT2D eigenvalue weighted by atomic mass is 10.0. The minimum atomic E-state index is -4.48. The number of pyridine rings is 1. The molecule has 0 spiro atoms. The Labute approximate surface area is 263 Å². The first-order chi connectivity index (χ1) is 22.2. The van der Waals surface area contributed by atoms with Crippen LogP contribution in [0.25, 0.3) is 33.8 Å². The van der Waals surface area contributed by atoms with E-state index in [1.165, 1.54) is 17.7 Å². The van der Waals surface area contributed by atoms with Crippen LogP contribution in [0.5, 0.6) is 0 Å². The fourth-order valence-corrected chi connectivity index (χ4v) is 4.87. The second-order valence-corrected chi connectivity index (χ2v) is 10.3. The summed E-state index contributed by atoms with van der Waals surface area (Å²) in [6.45, 7) is 8.44. The summed E-state index contributed by atoms with van der Waals surface area (Å²) in [6, 6.07) is 17.1. The maximum absolute atomic E-state index is 14.8. The van der Waals surface area contributed by atoms with Crippen molar-refractivity contribution in [2.75, 3.05) is 43.5 Å².